The van der Waals surface area contributed by atoms with Gasteiger partial charge in [-0.3, -0.25) is 9.59 Å². The Kier molecular flexibility index (Phi) is 8.18. The second-order valence-corrected chi connectivity index (χ2v) is 11.0. The van der Waals surface area contributed by atoms with Crippen LogP contribution in [0.3, 0.4) is 0 Å². The molecular formula is C28H31N3O4S. The van der Waals surface area contributed by atoms with Crippen LogP contribution in [0.2, 0.25) is 0 Å². The van der Waals surface area contributed by atoms with Crippen molar-refractivity contribution in [3.63, 3.8) is 0 Å². The highest BCUT2D eigenvalue weighted by atomic mass is 32.2. The molecule has 0 aliphatic carbocycles. The number of hydrogen-bond acceptors (Lipinski definition) is 4. The van der Waals surface area contributed by atoms with Gasteiger partial charge in [-0.2, -0.15) is 4.31 Å². The third-order valence-corrected chi connectivity index (χ3v) is 8.37. The summed E-state index contributed by atoms with van der Waals surface area (Å²) < 4.78 is 27.3. The first-order chi connectivity index (χ1) is 17.3. The highest BCUT2D eigenvalue weighted by Gasteiger charge is 2.32. The molecule has 1 fully saturated rings. The van der Waals surface area contributed by atoms with Gasteiger partial charge in [-0.15, -0.1) is 0 Å². The Labute approximate surface area is 212 Å². The molecule has 1 aliphatic rings. The van der Waals surface area contributed by atoms with Crippen LogP contribution in [0.15, 0.2) is 83.8 Å². The van der Waals surface area contributed by atoms with Crippen molar-refractivity contribution in [3.05, 3.63) is 95.6 Å². The smallest absolute Gasteiger partial charge is 0.253 e. The molecule has 2 amide bonds. The lowest BCUT2D eigenvalue weighted by Crippen LogP contribution is -2.41. The second-order valence-electron chi connectivity index (χ2n) is 9.02. The molecule has 1 aliphatic heterocycles. The number of aryl methyl sites for hydroxylation is 1. The van der Waals surface area contributed by atoms with Crippen molar-refractivity contribution >= 4 is 27.5 Å². The number of sulfonamides is 1. The minimum atomic E-state index is -3.59. The Morgan fingerprint density at radius 3 is 2.22 bits per heavy atom. The molecule has 0 spiro atoms. The van der Waals surface area contributed by atoms with E-state index in [1.54, 1.807) is 48.5 Å². The monoisotopic (exact) mass is 505 g/mol. The average Bonchev–Trinajstić information content (AvgIpc) is 2.90. The number of hydrogen-bond donors (Lipinski definition) is 2. The van der Waals surface area contributed by atoms with E-state index in [9.17, 15) is 18.0 Å². The molecule has 0 radical (unpaired) electrons. The van der Waals surface area contributed by atoms with Crippen molar-refractivity contribution in [1.29, 1.82) is 0 Å². The van der Waals surface area contributed by atoms with Crippen molar-refractivity contribution < 1.29 is 18.0 Å². The summed E-state index contributed by atoms with van der Waals surface area (Å²) in [5.41, 5.74) is 2.98. The van der Waals surface area contributed by atoms with Gasteiger partial charge in [-0.05, 0) is 56.0 Å². The topological polar surface area (TPSA) is 95.6 Å². The van der Waals surface area contributed by atoms with Crippen molar-refractivity contribution in [1.82, 2.24) is 9.62 Å². The summed E-state index contributed by atoms with van der Waals surface area (Å²) in [6, 6.07) is 23.6. The lowest BCUT2D eigenvalue weighted by atomic mass is 9.97. The largest absolute Gasteiger partial charge is 0.352 e. The van der Waals surface area contributed by atoms with Crippen molar-refractivity contribution in [2.24, 2.45) is 5.92 Å². The normalized spacial score (nSPS) is 14.8. The van der Waals surface area contributed by atoms with Gasteiger partial charge >= 0.3 is 0 Å². The number of carbonyl (C=O) groups is 2. The number of nitrogens with one attached hydrogen (secondary N) is 2. The summed E-state index contributed by atoms with van der Waals surface area (Å²) >= 11 is 0. The van der Waals surface area contributed by atoms with Gasteiger partial charge in [0.25, 0.3) is 5.91 Å². The van der Waals surface area contributed by atoms with Crippen molar-refractivity contribution in [3.8, 4) is 0 Å². The standard InChI is InChI=1S/C28H31N3O4S/c1-21-11-13-24(14-12-21)36(34,35)31-19-16-23(17-20-31)27(32)30-26-10-6-5-9-25(26)28(33)29-18-15-22-7-3-2-4-8-22/h2-14,23H,15-20H2,1H3,(H,29,33)(H,30,32). The van der Waals surface area contributed by atoms with Gasteiger partial charge in [-0.1, -0.05) is 60.2 Å². The Balaban J connectivity index is 1.33. The molecule has 188 valence electrons. The third kappa shape index (κ3) is 6.19. The number of nitrogens with zero attached hydrogens (tertiary/aromatic N) is 1. The molecular weight excluding hydrogens is 474 g/mol. The van der Waals surface area contributed by atoms with E-state index in [4.69, 9.17) is 0 Å². The Hall–Kier alpha value is -3.49. The molecule has 0 bridgehead atoms. The SMILES string of the molecule is Cc1ccc(S(=O)(=O)N2CCC(C(=O)Nc3ccccc3C(=O)NCCc3ccccc3)CC2)cc1. The van der Waals surface area contributed by atoms with Crippen LogP contribution in [0.5, 0.6) is 0 Å². The fraction of sp³-hybridized carbons (Fsp3) is 0.286. The van der Waals surface area contributed by atoms with Gasteiger partial charge in [0, 0.05) is 25.6 Å². The molecule has 1 heterocycles. The van der Waals surface area contributed by atoms with E-state index in [2.05, 4.69) is 10.6 Å². The summed E-state index contributed by atoms with van der Waals surface area (Å²) in [5, 5.41) is 5.81. The van der Waals surface area contributed by atoms with Crippen LogP contribution in [0, 0.1) is 12.8 Å². The maximum atomic E-state index is 13.0. The van der Waals surface area contributed by atoms with E-state index in [0.29, 0.717) is 37.1 Å². The summed E-state index contributed by atoms with van der Waals surface area (Å²) in [7, 11) is -3.59. The molecule has 2 N–H and O–H groups in total. The fourth-order valence-electron chi connectivity index (χ4n) is 4.30. The summed E-state index contributed by atoms with van der Waals surface area (Å²) in [5.74, 6) is -0.781. The van der Waals surface area contributed by atoms with Gasteiger partial charge < -0.3 is 10.6 Å². The van der Waals surface area contributed by atoms with Crippen LogP contribution < -0.4 is 10.6 Å². The fourth-order valence-corrected chi connectivity index (χ4v) is 5.77. The van der Waals surface area contributed by atoms with E-state index in [-0.39, 0.29) is 35.7 Å². The summed E-state index contributed by atoms with van der Waals surface area (Å²) in [6.07, 6.45) is 1.55. The second kappa shape index (κ2) is 11.5. The van der Waals surface area contributed by atoms with Gasteiger partial charge in [0.2, 0.25) is 15.9 Å². The van der Waals surface area contributed by atoms with Crippen LogP contribution in [0.1, 0.15) is 34.3 Å². The molecule has 8 heteroatoms. The number of rotatable bonds is 8. The molecule has 0 aromatic heterocycles. The van der Waals surface area contributed by atoms with E-state index in [0.717, 1.165) is 11.1 Å². The zero-order chi connectivity index (χ0) is 25.5. The van der Waals surface area contributed by atoms with E-state index in [1.165, 1.54) is 4.31 Å². The maximum absolute atomic E-state index is 13.0. The van der Waals surface area contributed by atoms with Crippen LogP contribution in [0.4, 0.5) is 5.69 Å². The Morgan fingerprint density at radius 1 is 0.889 bits per heavy atom. The van der Waals surface area contributed by atoms with Gasteiger partial charge in [0.1, 0.15) is 0 Å². The quantitative estimate of drug-likeness (QED) is 0.484. The first kappa shape index (κ1) is 25.6. The highest BCUT2D eigenvalue weighted by molar-refractivity contribution is 7.89. The molecule has 1 saturated heterocycles. The number of benzene rings is 3. The van der Waals surface area contributed by atoms with Crippen LogP contribution in [0.25, 0.3) is 0 Å². The molecule has 0 saturated carbocycles. The van der Waals surface area contributed by atoms with Gasteiger partial charge in [0.05, 0.1) is 16.1 Å². The molecule has 7 nitrogen and oxygen atoms in total. The van der Waals surface area contributed by atoms with Crippen LogP contribution in [-0.4, -0.2) is 44.2 Å². The Morgan fingerprint density at radius 2 is 1.53 bits per heavy atom. The molecule has 0 atom stereocenters. The molecule has 4 rings (SSSR count). The summed E-state index contributed by atoms with van der Waals surface area (Å²) in [6.45, 7) is 2.94. The Bertz CT molecular complexity index is 1300. The number of carbonyl (C=O) groups excluding carboxylic acids is 2. The van der Waals surface area contributed by atoms with Gasteiger partial charge in [-0.25, -0.2) is 8.42 Å². The zero-order valence-electron chi connectivity index (χ0n) is 20.3. The molecule has 0 unspecified atom stereocenters. The van der Waals surface area contributed by atoms with E-state index >= 15 is 0 Å². The summed E-state index contributed by atoms with van der Waals surface area (Å²) in [4.78, 5) is 26.0. The lowest BCUT2D eigenvalue weighted by Gasteiger charge is -2.30. The number of anilines is 1. The lowest BCUT2D eigenvalue weighted by molar-refractivity contribution is -0.120. The third-order valence-electron chi connectivity index (χ3n) is 6.46. The highest BCUT2D eigenvalue weighted by Crippen LogP contribution is 2.26. The van der Waals surface area contributed by atoms with E-state index in [1.807, 2.05) is 37.3 Å². The first-order valence-electron chi connectivity index (χ1n) is 12.1. The number of amides is 2. The van der Waals surface area contributed by atoms with Gasteiger partial charge in [0.15, 0.2) is 0 Å². The molecule has 3 aromatic rings. The minimum absolute atomic E-state index is 0.202. The van der Waals surface area contributed by atoms with Crippen molar-refractivity contribution in [2.45, 2.75) is 31.1 Å². The predicted molar refractivity (Wildman–Crippen MR) is 140 cm³/mol. The maximum Gasteiger partial charge on any atom is 0.253 e. The van der Waals surface area contributed by atoms with Crippen molar-refractivity contribution in [2.75, 3.05) is 25.0 Å². The van der Waals surface area contributed by atoms with Crippen LogP contribution in [-0.2, 0) is 21.2 Å². The average molecular weight is 506 g/mol. The van der Waals surface area contributed by atoms with E-state index < -0.39 is 10.0 Å². The zero-order valence-corrected chi connectivity index (χ0v) is 21.1. The molecule has 36 heavy (non-hydrogen) atoms. The molecule has 3 aromatic carbocycles. The minimum Gasteiger partial charge on any atom is -0.352 e. The predicted octanol–water partition coefficient (Wildman–Crippen LogP) is 4.01. The van der Waals surface area contributed by atoms with Crippen LogP contribution >= 0.6 is 0 Å². The first-order valence-corrected chi connectivity index (χ1v) is 13.6. The number of para-hydroxylation sites is 1. The number of piperidine rings is 1.